The van der Waals surface area contributed by atoms with Crippen molar-refractivity contribution < 1.29 is 17.2 Å². The average Bonchev–Trinajstić information content (AvgIpc) is 3.15. The molecule has 0 radical (unpaired) electrons. The van der Waals surface area contributed by atoms with E-state index in [0.29, 0.717) is 39.1 Å². The molecule has 2 aromatic carbocycles. The molecule has 0 atom stereocenters. The minimum Gasteiger partial charge on any atom is -0.455 e. The second-order valence-electron chi connectivity index (χ2n) is 8.15. The van der Waals surface area contributed by atoms with E-state index in [1.807, 2.05) is 38.1 Å². The zero-order valence-electron chi connectivity index (χ0n) is 24.2. The maximum atomic E-state index is 9.82. The molecule has 4 rings (SSSR count). The highest BCUT2D eigenvalue weighted by Gasteiger charge is 2.25. The molecule has 3 nitrogen and oxygen atoms in total. The lowest BCUT2D eigenvalue weighted by atomic mass is 9.93. The summed E-state index contributed by atoms with van der Waals surface area (Å²) in [5.74, 6) is -0.563. The molecule has 0 amide bonds. The van der Waals surface area contributed by atoms with E-state index >= 15 is 0 Å². The van der Waals surface area contributed by atoms with Gasteiger partial charge in [-0.25, -0.2) is 0 Å². The van der Waals surface area contributed by atoms with Crippen LogP contribution in [0.2, 0.25) is 0 Å². The smallest absolute Gasteiger partial charge is 0.216 e. The molecule has 0 saturated heterocycles. The Morgan fingerprint density at radius 2 is 1.93 bits per heavy atom. The number of fused-ring (bicyclic) bond motifs is 3. The second kappa shape index (κ2) is 7.29. The fourth-order valence-corrected chi connectivity index (χ4v) is 3.98. The van der Waals surface area contributed by atoms with E-state index in [1.54, 1.807) is 32.4 Å². The predicted octanol–water partition coefficient (Wildman–Crippen LogP) is 6.38. The summed E-state index contributed by atoms with van der Waals surface area (Å²) in [6, 6.07) is 9.52. The van der Waals surface area contributed by atoms with Gasteiger partial charge >= 0.3 is 0 Å². The SMILES string of the molecule is [2H]c1c(C([2H])([2H])C(C)C)c(C([2H])([2H])[2H])c(C)[n+](C)c1-c1c(C)ccc2c1oc1ccc(C)c(C#N)c12. The van der Waals surface area contributed by atoms with Crippen molar-refractivity contribution in [3.8, 4) is 17.3 Å². The summed E-state index contributed by atoms with van der Waals surface area (Å²) in [5.41, 5.74) is 4.22. The van der Waals surface area contributed by atoms with Crippen molar-refractivity contribution in [3.63, 3.8) is 0 Å². The molecule has 2 aromatic heterocycles. The fraction of sp³-hybridized carbons (Fsp3) is 0.333. The van der Waals surface area contributed by atoms with Crippen molar-refractivity contribution in [2.24, 2.45) is 13.0 Å². The highest BCUT2D eigenvalue weighted by atomic mass is 16.3. The van der Waals surface area contributed by atoms with Gasteiger partial charge in [0, 0.05) is 36.2 Å². The number of nitrogens with zero attached hydrogens (tertiary/aromatic N) is 2. The molecule has 152 valence electrons. The van der Waals surface area contributed by atoms with Crippen LogP contribution in [0.1, 0.15) is 55.6 Å². The molecular weight excluding hydrogens is 368 g/mol. The fourth-order valence-electron chi connectivity index (χ4n) is 3.98. The van der Waals surface area contributed by atoms with Crippen LogP contribution < -0.4 is 4.57 Å². The number of hydrogen-bond acceptors (Lipinski definition) is 2. The Morgan fingerprint density at radius 1 is 1.20 bits per heavy atom. The largest absolute Gasteiger partial charge is 0.455 e. The number of hydrogen-bond donors (Lipinski definition) is 0. The van der Waals surface area contributed by atoms with Crippen molar-refractivity contribution >= 4 is 21.9 Å². The quantitative estimate of drug-likeness (QED) is 0.372. The summed E-state index contributed by atoms with van der Waals surface area (Å²) in [7, 11) is 1.69. The summed E-state index contributed by atoms with van der Waals surface area (Å²) >= 11 is 0. The molecule has 4 aromatic rings. The van der Waals surface area contributed by atoms with Gasteiger partial charge in [-0.05, 0) is 55.7 Å². The van der Waals surface area contributed by atoms with Crippen LogP contribution in [0, 0.1) is 44.9 Å². The zero-order chi connectivity index (χ0) is 26.9. The van der Waals surface area contributed by atoms with E-state index < -0.39 is 19.1 Å². The van der Waals surface area contributed by atoms with Gasteiger partial charge in [-0.2, -0.15) is 9.83 Å². The van der Waals surface area contributed by atoms with Crippen LogP contribution in [0.15, 0.2) is 34.7 Å². The molecule has 0 bridgehead atoms. The molecule has 3 heteroatoms. The maximum absolute atomic E-state index is 9.82. The Morgan fingerprint density at radius 3 is 2.60 bits per heavy atom. The zero-order valence-corrected chi connectivity index (χ0v) is 18.2. The number of aromatic nitrogens is 1. The summed E-state index contributed by atoms with van der Waals surface area (Å²) < 4.78 is 59.3. The number of rotatable bonds is 3. The van der Waals surface area contributed by atoms with E-state index in [-0.39, 0.29) is 17.2 Å². The van der Waals surface area contributed by atoms with Crippen molar-refractivity contribution in [2.45, 2.75) is 47.8 Å². The molecule has 0 aliphatic rings. The molecule has 2 heterocycles. The Hall–Kier alpha value is -3.12. The number of nitriles is 1. The van der Waals surface area contributed by atoms with Crippen LogP contribution in [0.5, 0.6) is 0 Å². The Balaban J connectivity index is 2.25. The van der Waals surface area contributed by atoms with E-state index in [2.05, 4.69) is 6.07 Å². The lowest BCUT2D eigenvalue weighted by Gasteiger charge is -2.14. The Labute approximate surface area is 187 Å². The van der Waals surface area contributed by atoms with E-state index in [1.165, 1.54) is 0 Å². The van der Waals surface area contributed by atoms with Crippen molar-refractivity contribution in [2.75, 3.05) is 0 Å². The molecule has 0 saturated carbocycles. The summed E-state index contributed by atoms with van der Waals surface area (Å²) in [5, 5.41) is 11.2. The number of aryl methyl sites for hydroxylation is 2. The Bertz CT molecular complexity index is 1590. The number of pyridine rings is 1. The van der Waals surface area contributed by atoms with Crippen molar-refractivity contribution in [1.82, 2.24) is 0 Å². The van der Waals surface area contributed by atoms with Gasteiger partial charge in [0.15, 0.2) is 5.69 Å². The normalized spacial score (nSPS) is 15.4. The standard InChI is InChI=1S/C27H29N2O/c1-15(2)12-20-13-23(29(7)19(6)18(20)5)25-17(4)8-10-21-26-22(14-28)16(3)9-11-24(26)30-27(21)25/h8-11,13,15H,12H2,1-7H3/q+1/i5D3,12D2,13D. The monoisotopic (exact) mass is 403 g/mol. The van der Waals surface area contributed by atoms with E-state index in [0.717, 1.165) is 16.5 Å². The van der Waals surface area contributed by atoms with Gasteiger partial charge in [0.2, 0.25) is 5.69 Å². The highest BCUT2D eigenvalue weighted by molar-refractivity contribution is 6.12. The molecule has 0 aliphatic heterocycles. The van der Waals surface area contributed by atoms with E-state index in [9.17, 15) is 6.63 Å². The minimum absolute atomic E-state index is 0.121. The topological polar surface area (TPSA) is 40.8 Å². The number of benzene rings is 2. The molecule has 0 unspecified atom stereocenters. The van der Waals surface area contributed by atoms with E-state index in [4.69, 9.17) is 11.3 Å². The molecule has 30 heavy (non-hydrogen) atoms. The lowest BCUT2D eigenvalue weighted by Crippen LogP contribution is -2.36. The first-order valence-corrected chi connectivity index (χ1v) is 10.0. The number of furan rings is 1. The second-order valence-corrected chi connectivity index (χ2v) is 8.15. The van der Waals surface area contributed by atoms with Crippen LogP contribution in [-0.4, -0.2) is 0 Å². The Kier molecular flexibility index (Phi) is 3.40. The molecule has 0 N–H and O–H groups in total. The van der Waals surface area contributed by atoms with Gasteiger partial charge in [0.25, 0.3) is 0 Å². The van der Waals surface area contributed by atoms with Crippen LogP contribution in [0.3, 0.4) is 0 Å². The molecule has 0 spiro atoms. The van der Waals surface area contributed by atoms with Gasteiger partial charge in [-0.15, -0.1) is 0 Å². The van der Waals surface area contributed by atoms with Crippen LogP contribution >= 0.6 is 0 Å². The van der Waals surface area contributed by atoms with Crippen molar-refractivity contribution in [3.05, 3.63) is 63.8 Å². The predicted molar refractivity (Wildman–Crippen MR) is 123 cm³/mol. The third-order valence-corrected chi connectivity index (χ3v) is 5.70. The van der Waals surface area contributed by atoms with Gasteiger partial charge in [-0.3, -0.25) is 0 Å². The third kappa shape index (κ3) is 2.99. The summed E-state index contributed by atoms with van der Waals surface area (Å²) in [6.45, 7) is 6.15. The summed E-state index contributed by atoms with van der Waals surface area (Å²) in [4.78, 5) is 0. The maximum Gasteiger partial charge on any atom is 0.216 e. The van der Waals surface area contributed by atoms with Crippen molar-refractivity contribution in [1.29, 1.82) is 5.26 Å². The highest BCUT2D eigenvalue weighted by Crippen LogP contribution is 2.39. The minimum atomic E-state index is -2.60. The molecule has 0 fully saturated rings. The third-order valence-electron chi connectivity index (χ3n) is 5.70. The first-order chi connectivity index (χ1) is 16.6. The molecular formula is C27H29N2O+. The van der Waals surface area contributed by atoms with Crippen LogP contribution in [-0.2, 0) is 13.4 Å². The first kappa shape index (κ1) is 14.0. The summed E-state index contributed by atoms with van der Waals surface area (Å²) in [6.07, 6.45) is -2.06. The van der Waals surface area contributed by atoms with Crippen LogP contribution in [0.25, 0.3) is 33.2 Å². The average molecular weight is 404 g/mol. The molecule has 0 aliphatic carbocycles. The van der Waals surface area contributed by atoms with Crippen LogP contribution in [0.4, 0.5) is 0 Å². The van der Waals surface area contributed by atoms with Gasteiger partial charge < -0.3 is 4.42 Å². The van der Waals surface area contributed by atoms with Gasteiger partial charge in [0.05, 0.1) is 12.5 Å². The van der Waals surface area contributed by atoms with Gasteiger partial charge in [-0.1, -0.05) is 32.0 Å². The first-order valence-electron chi connectivity index (χ1n) is 13.0. The van der Waals surface area contributed by atoms with Gasteiger partial charge in [0.1, 0.15) is 24.3 Å². The lowest BCUT2D eigenvalue weighted by molar-refractivity contribution is -0.667.